The van der Waals surface area contributed by atoms with Crippen LogP contribution in [0.4, 0.5) is 0 Å². The molecular weight excluding hydrogens is 242 g/mol. The number of rotatable bonds is 5. The molecule has 1 saturated heterocycles. The second-order valence-corrected chi connectivity index (χ2v) is 7.77. The van der Waals surface area contributed by atoms with Crippen molar-refractivity contribution in [3.63, 3.8) is 0 Å². The van der Waals surface area contributed by atoms with Gasteiger partial charge in [-0.05, 0) is 19.8 Å². The van der Waals surface area contributed by atoms with Crippen molar-refractivity contribution in [3.05, 3.63) is 0 Å². The first kappa shape index (κ1) is 14.4. The van der Waals surface area contributed by atoms with Gasteiger partial charge in [0.2, 0.25) is 0 Å². The molecule has 0 aromatic rings. The summed E-state index contributed by atoms with van der Waals surface area (Å²) in [5.41, 5.74) is 0. The van der Waals surface area contributed by atoms with Gasteiger partial charge in [-0.1, -0.05) is 6.92 Å². The molecular formula is C11H21NO4S. The summed E-state index contributed by atoms with van der Waals surface area (Å²) in [5, 5.41) is 8.61. The summed E-state index contributed by atoms with van der Waals surface area (Å²) in [6.45, 7) is 6.81. The molecule has 0 unspecified atom stereocenters. The number of sulfone groups is 1. The molecule has 1 aliphatic rings. The third-order valence-electron chi connectivity index (χ3n) is 3.42. The molecule has 0 spiro atoms. The van der Waals surface area contributed by atoms with Crippen molar-refractivity contribution >= 4 is 15.8 Å². The average molecular weight is 263 g/mol. The van der Waals surface area contributed by atoms with Gasteiger partial charge in [-0.15, -0.1) is 0 Å². The van der Waals surface area contributed by atoms with Crippen LogP contribution in [0, 0.1) is 11.8 Å². The number of hydrogen-bond acceptors (Lipinski definition) is 4. The molecule has 1 aliphatic heterocycles. The largest absolute Gasteiger partial charge is 0.481 e. The highest BCUT2D eigenvalue weighted by Crippen LogP contribution is 2.22. The third-order valence-corrected chi connectivity index (χ3v) is 5.60. The van der Waals surface area contributed by atoms with Gasteiger partial charge in [0.25, 0.3) is 0 Å². The van der Waals surface area contributed by atoms with Gasteiger partial charge in [0.15, 0.2) is 9.84 Å². The number of carboxylic acids is 1. The van der Waals surface area contributed by atoms with E-state index in [0.717, 1.165) is 0 Å². The van der Waals surface area contributed by atoms with Crippen molar-refractivity contribution < 1.29 is 18.3 Å². The van der Waals surface area contributed by atoms with Crippen molar-refractivity contribution in [1.82, 2.24) is 4.90 Å². The molecule has 2 atom stereocenters. The SMILES string of the molecule is CC(C)S(=O)(=O)CCN1C[C@@H](C)[C@H](C(=O)O)C1. The minimum atomic E-state index is -3.03. The Labute approximate surface area is 103 Å². The molecule has 17 heavy (non-hydrogen) atoms. The molecule has 0 aliphatic carbocycles. The lowest BCUT2D eigenvalue weighted by Crippen LogP contribution is -2.31. The van der Waals surface area contributed by atoms with Crippen LogP contribution < -0.4 is 0 Å². The second kappa shape index (κ2) is 5.35. The molecule has 0 saturated carbocycles. The Kier molecular flexibility index (Phi) is 4.55. The number of carbonyl (C=O) groups is 1. The quantitative estimate of drug-likeness (QED) is 0.780. The van der Waals surface area contributed by atoms with E-state index in [1.165, 1.54) is 0 Å². The van der Waals surface area contributed by atoms with E-state index in [2.05, 4.69) is 0 Å². The Morgan fingerprint density at radius 1 is 1.41 bits per heavy atom. The molecule has 0 bridgehead atoms. The van der Waals surface area contributed by atoms with Gasteiger partial charge < -0.3 is 10.0 Å². The lowest BCUT2D eigenvalue weighted by molar-refractivity contribution is -0.142. The first-order valence-corrected chi connectivity index (χ1v) is 7.62. The van der Waals surface area contributed by atoms with E-state index < -0.39 is 15.8 Å². The maximum absolute atomic E-state index is 11.6. The van der Waals surface area contributed by atoms with Crippen molar-refractivity contribution in [2.24, 2.45) is 11.8 Å². The maximum Gasteiger partial charge on any atom is 0.308 e. The van der Waals surface area contributed by atoms with Gasteiger partial charge in [0, 0.05) is 19.6 Å². The Hall–Kier alpha value is -0.620. The highest BCUT2D eigenvalue weighted by molar-refractivity contribution is 7.92. The van der Waals surface area contributed by atoms with E-state index in [1.54, 1.807) is 13.8 Å². The summed E-state index contributed by atoms with van der Waals surface area (Å²) in [6.07, 6.45) is 0. The van der Waals surface area contributed by atoms with Crippen LogP contribution in [0.3, 0.4) is 0 Å². The zero-order valence-electron chi connectivity index (χ0n) is 10.6. The molecule has 1 fully saturated rings. The summed E-state index contributed by atoms with van der Waals surface area (Å²) >= 11 is 0. The first-order chi connectivity index (χ1) is 7.74. The molecule has 100 valence electrons. The van der Waals surface area contributed by atoms with E-state index in [4.69, 9.17) is 5.11 Å². The Morgan fingerprint density at radius 2 is 2.00 bits per heavy atom. The van der Waals surface area contributed by atoms with E-state index >= 15 is 0 Å². The normalized spacial score (nSPS) is 26.6. The Bertz CT molecular complexity index is 377. The summed E-state index contributed by atoms with van der Waals surface area (Å²) in [7, 11) is -3.03. The monoisotopic (exact) mass is 263 g/mol. The van der Waals surface area contributed by atoms with Gasteiger partial charge in [-0.3, -0.25) is 4.79 Å². The van der Waals surface area contributed by atoms with Gasteiger partial charge in [-0.25, -0.2) is 8.42 Å². The zero-order chi connectivity index (χ0) is 13.2. The van der Waals surface area contributed by atoms with Crippen LogP contribution >= 0.6 is 0 Å². The van der Waals surface area contributed by atoms with E-state index in [1.807, 2.05) is 11.8 Å². The standard InChI is InChI=1S/C11H21NO4S/c1-8(2)17(15,16)5-4-12-6-9(3)10(7-12)11(13)14/h8-10H,4-7H2,1-3H3,(H,13,14)/t9-,10-/m1/s1. The van der Waals surface area contributed by atoms with Gasteiger partial charge >= 0.3 is 5.97 Å². The minimum Gasteiger partial charge on any atom is -0.481 e. The van der Waals surface area contributed by atoms with Gasteiger partial charge in [-0.2, -0.15) is 0 Å². The summed E-state index contributed by atoms with van der Waals surface area (Å²) in [6, 6.07) is 0. The second-order valence-electron chi connectivity index (χ2n) is 5.10. The Morgan fingerprint density at radius 3 is 2.41 bits per heavy atom. The maximum atomic E-state index is 11.6. The average Bonchev–Trinajstić information content (AvgIpc) is 2.57. The van der Waals surface area contributed by atoms with Crippen molar-refractivity contribution in [2.45, 2.75) is 26.0 Å². The fourth-order valence-corrected chi connectivity index (χ4v) is 3.05. The lowest BCUT2D eigenvalue weighted by atomic mass is 9.99. The third kappa shape index (κ3) is 3.67. The molecule has 1 heterocycles. The van der Waals surface area contributed by atoms with Crippen LogP contribution in [-0.2, 0) is 14.6 Å². The number of nitrogens with zero attached hydrogens (tertiary/aromatic N) is 1. The predicted molar refractivity (Wildman–Crippen MR) is 65.7 cm³/mol. The highest BCUT2D eigenvalue weighted by Gasteiger charge is 2.34. The van der Waals surface area contributed by atoms with Crippen molar-refractivity contribution in [2.75, 3.05) is 25.4 Å². The van der Waals surface area contributed by atoms with Crippen molar-refractivity contribution in [3.8, 4) is 0 Å². The number of aliphatic carboxylic acids is 1. The molecule has 6 heteroatoms. The van der Waals surface area contributed by atoms with Crippen LogP contribution in [0.5, 0.6) is 0 Å². The predicted octanol–water partition coefficient (Wildman–Crippen LogP) is 0.462. The van der Waals surface area contributed by atoms with Crippen LogP contribution in [0.2, 0.25) is 0 Å². The smallest absolute Gasteiger partial charge is 0.308 e. The molecule has 5 nitrogen and oxygen atoms in total. The van der Waals surface area contributed by atoms with E-state index in [9.17, 15) is 13.2 Å². The van der Waals surface area contributed by atoms with Crippen LogP contribution in [0.25, 0.3) is 0 Å². The van der Waals surface area contributed by atoms with Gasteiger partial charge in [0.1, 0.15) is 0 Å². The molecule has 0 aromatic carbocycles. The topological polar surface area (TPSA) is 74.7 Å². The van der Waals surface area contributed by atoms with Crippen LogP contribution in [0.15, 0.2) is 0 Å². The van der Waals surface area contributed by atoms with Gasteiger partial charge in [0.05, 0.1) is 16.9 Å². The lowest BCUT2D eigenvalue weighted by Gasteiger charge is -2.16. The van der Waals surface area contributed by atoms with Crippen molar-refractivity contribution in [1.29, 1.82) is 0 Å². The van der Waals surface area contributed by atoms with Crippen LogP contribution in [0.1, 0.15) is 20.8 Å². The zero-order valence-corrected chi connectivity index (χ0v) is 11.4. The summed E-state index contributed by atoms with van der Waals surface area (Å²) < 4.78 is 23.3. The Balaban J connectivity index is 2.49. The molecule has 0 aromatic heterocycles. The molecule has 1 N–H and O–H groups in total. The number of carboxylic acid groups (broad SMARTS) is 1. The summed E-state index contributed by atoms with van der Waals surface area (Å²) in [4.78, 5) is 12.9. The minimum absolute atomic E-state index is 0.0919. The summed E-state index contributed by atoms with van der Waals surface area (Å²) in [5.74, 6) is -0.943. The number of hydrogen-bond donors (Lipinski definition) is 1. The van der Waals surface area contributed by atoms with E-state index in [-0.39, 0.29) is 22.8 Å². The van der Waals surface area contributed by atoms with E-state index in [0.29, 0.717) is 19.6 Å². The fourth-order valence-electron chi connectivity index (χ4n) is 2.06. The highest BCUT2D eigenvalue weighted by atomic mass is 32.2. The number of likely N-dealkylation sites (tertiary alicyclic amines) is 1. The fraction of sp³-hybridized carbons (Fsp3) is 0.909. The molecule has 0 radical (unpaired) electrons. The van der Waals surface area contributed by atoms with Crippen LogP contribution in [-0.4, -0.2) is 55.0 Å². The molecule has 0 amide bonds. The molecule has 1 rings (SSSR count). The first-order valence-electron chi connectivity index (χ1n) is 5.90.